The average Bonchev–Trinajstić information content (AvgIpc) is 3.09. The zero-order chi connectivity index (χ0) is 20.6. The number of benzene rings is 1. The van der Waals surface area contributed by atoms with Gasteiger partial charge in [0.25, 0.3) is 0 Å². The van der Waals surface area contributed by atoms with Crippen LogP contribution in [0.25, 0.3) is 11.5 Å². The number of oxazole rings is 1. The van der Waals surface area contributed by atoms with Crippen molar-refractivity contribution < 1.29 is 18.2 Å². The molecule has 0 saturated carbocycles. The van der Waals surface area contributed by atoms with Gasteiger partial charge in [0, 0.05) is 35.3 Å². The molecule has 8 heteroatoms. The molecule has 0 aliphatic carbocycles. The van der Waals surface area contributed by atoms with Crippen LogP contribution in [0.2, 0.25) is 0 Å². The van der Waals surface area contributed by atoms with E-state index in [0.717, 1.165) is 16.9 Å². The van der Waals surface area contributed by atoms with Crippen LogP contribution >= 0.6 is 0 Å². The lowest BCUT2D eigenvalue weighted by Gasteiger charge is -2.05. The molecule has 0 spiro atoms. The van der Waals surface area contributed by atoms with E-state index in [1.54, 1.807) is 26.4 Å². The molecule has 0 saturated heterocycles. The predicted octanol–water partition coefficient (Wildman–Crippen LogP) is 2.66. The molecule has 0 fully saturated rings. The lowest BCUT2D eigenvalue weighted by Crippen LogP contribution is -2.30. The molecule has 1 unspecified atom stereocenters. The van der Waals surface area contributed by atoms with Gasteiger partial charge >= 0.3 is 0 Å². The lowest BCUT2D eigenvalue weighted by molar-refractivity contribution is -0.118. The van der Waals surface area contributed by atoms with Crippen LogP contribution in [-0.2, 0) is 27.8 Å². The Balaban J connectivity index is 1.50. The Hall–Kier alpha value is -3.00. The Kier molecular flexibility index (Phi) is 7.13. The molecule has 152 valence electrons. The molecule has 2 heterocycles. The first kappa shape index (κ1) is 20.7. The highest BCUT2D eigenvalue weighted by Crippen LogP contribution is 2.24. The standard InChI is InChI=1S/C21H23N3O4S/c1-15-19(24-21(28-15)17-5-7-18(27-2)8-6-17)13-29(26)14-20(25)23-11-9-16-4-3-10-22-12-16/h3-8,10,12H,9,11,13-14H2,1-2H3,(H,23,25). The van der Waals surface area contributed by atoms with Crippen molar-refractivity contribution in [1.29, 1.82) is 0 Å². The van der Waals surface area contributed by atoms with Gasteiger partial charge in [-0.15, -0.1) is 0 Å². The smallest absolute Gasteiger partial charge is 0.232 e. The molecule has 1 amide bonds. The van der Waals surface area contributed by atoms with Crippen molar-refractivity contribution in [1.82, 2.24) is 15.3 Å². The Labute approximate surface area is 172 Å². The predicted molar refractivity (Wildman–Crippen MR) is 111 cm³/mol. The number of carbonyl (C=O) groups excluding carboxylic acids is 1. The topological polar surface area (TPSA) is 94.3 Å². The molecule has 7 nitrogen and oxygen atoms in total. The second kappa shape index (κ2) is 9.97. The van der Waals surface area contributed by atoms with Crippen LogP contribution in [0.1, 0.15) is 17.0 Å². The van der Waals surface area contributed by atoms with Gasteiger partial charge in [-0.05, 0) is 49.2 Å². The summed E-state index contributed by atoms with van der Waals surface area (Å²) in [4.78, 5) is 20.5. The van der Waals surface area contributed by atoms with Crippen LogP contribution in [0.3, 0.4) is 0 Å². The summed E-state index contributed by atoms with van der Waals surface area (Å²) >= 11 is 0. The normalized spacial score (nSPS) is 11.8. The van der Waals surface area contributed by atoms with Crippen LogP contribution in [0.15, 0.2) is 53.2 Å². The summed E-state index contributed by atoms with van der Waals surface area (Å²) in [5, 5.41) is 2.79. The third-order valence-electron chi connectivity index (χ3n) is 4.28. The van der Waals surface area contributed by atoms with E-state index in [1.165, 1.54) is 0 Å². The van der Waals surface area contributed by atoms with Gasteiger partial charge < -0.3 is 14.5 Å². The monoisotopic (exact) mass is 413 g/mol. The summed E-state index contributed by atoms with van der Waals surface area (Å²) in [6, 6.07) is 11.1. The number of nitrogens with one attached hydrogen (secondary N) is 1. The van der Waals surface area contributed by atoms with Gasteiger partial charge in [-0.3, -0.25) is 14.0 Å². The van der Waals surface area contributed by atoms with Crippen LogP contribution in [0.5, 0.6) is 5.75 Å². The van der Waals surface area contributed by atoms with Crippen molar-refractivity contribution in [3.63, 3.8) is 0 Å². The largest absolute Gasteiger partial charge is 0.497 e. The molecule has 0 bridgehead atoms. The van der Waals surface area contributed by atoms with Crippen molar-refractivity contribution in [3.8, 4) is 17.2 Å². The van der Waals surface area contributed by atoms with E-state index < -0.39 is 10.8 Å². The first-order chi connectivity index (χ1) is 14.0. The van der Waals surface area contributed by atoms with E-state index in [4.69, 9.17) is 9.15 Å². The SMILES string of the molecule is COc1ccc(-c2nc(CS(=O)CC(=O)NCCc3cccnc3)c(C)o2)cc1. The number of pyridine rings is 1. The lowest BCUT2D eigenvalue weighted by atomic mass is 10.2. The molecule has 1 N–H and O–H groups in total. The minimum absolute atomic E-state index is 0.0722. The van der Waals surface area contributed by atoms with Gasteiger partial charge in [0.05, 0.1) is 18.6 Å². The van der Waals surface area contributed by atoms with Gasteiger partial charge in [0.2, 0.25) is 11.8 Å². The van der Waals surface area contributed by atoms with E-state index in [-0.39, 0.29) is 17.4 Å². The Morgan fingerprint density at radius 2 is 2.03 bits per heavy atom. The number of hydrogen-bond donors (Lipinski definition) is 1. The quantitative estimate of drug-likeness (QED) is 0.580. The number of nitrogens with zero attached hydrogens (tertiary/aromatic N) is 2. The second-order valence-corrected chi connectivity index (χ2v) is 7.90. The Bertz CT molecular complexity index is 971. The zero-order valence-electron chi connectivity index (χ0n) is 16.4. The zero-order valence-corrected chi connectivity index (χ0v) is 17.2. The fraction of sp³-hybridized carbons (Fsp3) is 0.286. The van der Waals surface area contributed by atoms with Crippen LogP contribution in [0, 0.1) is 6.92 Å². The van der Waals surface area contributed by atoms with Crippen molar-refractivity contribution in [2.75, 3.05) is 19.4 Å². The van der Waals surface area contributed by atoms with Crippen molar-refractivity contribution in [3.05, 3.63) is 65.8 Å². The molecule has 2 aromatic heterocycles. The maximum Gasteiger partial charge on any atom is 0.232 e. The third kappa shape index (κ3) is 5.99. The minimum Gasteiger partial charge on any atom is -0.497 e. The fourth-order valence-corrected chi connectivity index (χ4v) is 3.78. The number of aromatic nitrogens is 2. The molecule has 1 atom stereocenters. The van der Waals surface area contributed by atoms with E-state index in [0.29, 0.717) is 30.3 Å². The summed E-state index contributed by atoms with van der Waals surface area (Å²) in [5.41, 5.74) is 2.44. The van der Waals surface area contributed by atoms with Gasteiger partial charge in [-0.1, -0.05) is 6.07 Å². The molecule has 0 aliphatic heterocycles. The number of ether oxygens (including phenoxy) is 1. The fourth-order valence-electron chi connectivity index (χ4n) is 2.71. The minimum atomic E-state index is -1.37. The third-order valence-corrected chi connectivity index (χ3v) is 5.46. The number of amides is 1. The van der Waals surface area contributed by atoms with E-state index in [2.05, 4.69) is 15.3 Å². The second-order valence-electron chi connectivity index (χ2n) is 6.44. The highest BCUT2D eigenvalue weighted by Gasteiger charge is 2.16. The van der Waals surface area contributed by atoms with Crippen molar-refractivity contribution >= 4 is 16.7 Å². The average molecular weight is 413 g/mol. The van der Waals surface area contributed by atoms with Gasteiger partial charge in [0.15, 0.2) is 0 Å². The summed E-state index contributed by atoms with van der Waals surface area (Å²) < 4.78 is 23.2. The van der Waals surface area contributed by atoms with Gasteiger partial charge in [0.1, 0.15) is 17.3 Å². The van der Waals surface area contributed by atoms with Crippen LogP contribution in [0.4, 0.5) is 0 Å². The summed E-state index contributed by atoms with van der Waals surface area (Å²) in [6.45, 7) is 2.26. The molecular weight excluding hydrogens is 390 g/mol. The van der Waals surface area contributed by atoms with Crippen molar-refractivity contribution in [2.24, 2.45) is 0 Å². The summed E-state index contributed by atoms with van der Waals surface area (Å²) in [7, 11) is 0.230. The molecular formula is C21H23N3O4S. The summed E-state index contributed by atoms with van der Waals surface area (Å²) in [5.74, 6) is 1.65. The number of carbonyl (C=O) groups is 1. The van der Waals surface area contributed by atoms with E-state index in [1.807, 2.05) is 36.4 Å². The van der Waals surface area contributed by atoms with E-state index >= 15 is 0 Å². The highest BCUT2D eigenvalue weighted by molar-refractivity contribution is 7.84. The first-order valence-electron chi connectivity index (χ1n) is 9.16. The molecule has 0 aliphatic rings. The number of aryl methyl sites for hydroxylation is 1. The van der Waals surface area contributed by atoms with E-state index in [9.17, 15) is 9.00 Å². The summed E-state index contributed by atoms with van der Waals surface area (Å²) in [6.07, 6.45) is 4.15. The molecule has 0 radical (unpaired) electrons. The number of methoxy groups -OCH3 is 1. The molecule has 3 rings (SSSR count). The van der Waals surface area contributed by atoms with Gasteiger partial charge in [-0.25, -0.2) is 4.98 Å². The maximum atomic E-state index is 12.4. The van der Waals surface area contributed by atoms with Gasteiger partial charge in [-0.2, -0.15) is 0 Å². The highest BCUT2D eigenvalue weighted by atomic mass is 32.2. The van der Waals surface area contributed by atoms with Crippen LogP contribution < -0.4 is 10.1 Å². The molecule has 29 heavy (non-hydrogen) atoms. The Morgan fingerprint density at radius 3 is 2.72 bits per heavy atom. The first-order valence-corrected chi connectivity index (χ1v) is 10.7. The number of rotatable bonds is 9. The maximum absolute atomic E-state index is 12.4. The molecule has 1 aromatic carbocycles. The molecule has 3 aromatic rings. The Morgan fingerprint density at radius 1 is 1.24 bits per heavy atom. The van der Waals surface area contributed by atoms with Crippen molar-refractivity contribution in [2.45, 2.75) is 19.1 Å². The van der Waals surface area contributed by atoms with Crippen LogP contribution in [-0.4, -0.2) is 39.5 Å². The number of hydrogen-bond acceptors (Lipinski definition) is 6.